The van der Waals surface area contributed by atoms with E-state index in [2.05, 4.69) is 27.3 Å². The Hall–Kier alpha value is -2.01. The molecule has 1 saturated heterocycles. The van der Waals surface area contributed by atoms with Gasteiger partial charge in [0.15, 0.2) is 0 Å². The highest BCUT2D eigenvalue weighted by molar-refractivity contribution is 9.10. The third-order valence-corrected chi connectivity index (χ3v) is 5.27. The Morgan fingerprint density at radius 1 is 1.29 bits per heavy atom. The number of aryl methyl sites for hydroxylation is 1. The molecule has 2 aromatic rings. The Labute approximate surface area is 150 Å². The number of nitrogens with zero attached hydrogens (tertiary/aromatic N) is 1. The zero-order valence-corrected chi connectivity index (χ0v) is 15.5. The van der Waals surface area contributed by atoms with E-state index in [4.69, 9.17) is 4.74 Å². The van der Waals surface area contributed by atoms with Gasteiger partial charge in [-0.2, -0.15) is 0 Å². The number of halogens is 1. The van der Waals surface area contributed by atoms with Crippen LogP contribution in [0.5, 0.6) is 5.75 Å². The van der Waals surface area contributed by atoms with Crippen LogP contribution in [-0.2, 0) is 0 Å². The molecule has 1 fully saturated rings. The number of likely N-dealkylation sites (tertiary alicyclic amines) is 1. The number of hydrogen-bond acceptors (Lipinski definition) is 2. The molecule has 0 aliphatic carbocycles. The minimum absolute atomic E-state index is 0.0592. The van der Waals surface area contributed by atoms with Crippen molar-refractivity contribution >= 4 is 27.6 Å². The van der Waals surface area contributed by atoms with Gasteiger partial charge >= 0.3 is 6.03 Å². The SMILES string of the molecule is COc1cccc(C2CCCN2C(=O)Nc2ccc(C)c(Br)c2)c1. The van der Waals surface area contributed by atoms with E-state index in [9.17, 15) is 4.79 Å². The molecule has 1 aliphatic heterocycles. The van der Waals surface area contributed by atoms with E-state index < -0.39 is 0 Å². The summed E-state index contributed by atoms with van der Waals surface area (Å²) in [6, 6.07) is 13.8. The summed E-state index contributed by atoms with van der Waals surface area (Å²) in [5.74, 6) is 0.822. The number of amides is 2. The van der Waals surface area contributed by atoms with E-state index >= 15 is 0 Å². The Kier molecular flexibility index (Phi) is 5.09. The van der Waals surface area contributed by atoms with Crippen molar-refractivity contribution in [3.63, 3.8) is 0 Å². The van der Waals surface area contributed by atoms with E-state index in [-0.39, 0.29) is 12.1 Å². The first-order valence-corrected chi connectivity index (χ1v) is 8.85. The highest BCUT2D eigenvalue weighted by atomic mass is 79.9. The molecule has 0 radical (unpaired) electrons. The number of carbonyl (C=O) groups is 1. The number of nitrogens with one attached hydrogen (secondary N) is 1. The number of hydrogen-bond donors (Lipinski definition) is 1. The number of rotatable bonds is 3. The lowest BCUT2D eigenvalue weighted by molar-refractivity contribution is 0.207. The number of anilines is 1. The monoisotopic (exact) mass is 388 g/mol. The summed E-state index contributed by atoms with van der Waals surface area (Å²) >= 11 is 3.51. The zero-order chi connectivity index (χ0) is 17.1. The van der Waals surface area contributed by atoms with Gasteiger partial charge in [0.05, 0.1) is 13.2 Å². The van der Waals surface area contributed by atoms with Gasteiger partial charge in [-0.1, -0.05) is 34.1 Å². The summed E-state index contributed by atoms with van der Waals surface area (Å²) in [6.45, 7) is 2.79. The first-order chi connectivity index (χ1) is 11.6. The summed E-state index contributed by atoms with van der Waals surface area (Å²) in [6.07, 6.45) is 1.98. The lowest BCUT2D eigenvalue weighted by atomic mass is 10.0. The predicted octanol–water partition coefficient (Wildman–Crippen LogP) is 5.14. The molecule has 1 heterocycles. The van der Waals surface area contributed by atoms with Gasteiger partial charge < -0.3 is 15.0 Å². The van der Waals surface area contributed by atoms with Gasteiger partial charge in [0.2, 0.25) is 0 Å². The average Bonchev–Trinajstić information content (AvgIpc) is 3.08. The fourth-order valence-corrected chi connectivity index (χ4v) is 3.45. The van der Waals surface area contributed by atoms with Crippen molar-refractivity contribution in [1.82, 2.24) is 4.90 Å². The van der Waals surface area contributed by atoms with Crippen LogP contribution >= 0.6 is 15.9 Å². The molecule has 1 N–H and O–H groups in total. The maximum atomic E-state index is 12.7. The lowest BCUT2D eigenvalue weighted by Gasteiger charge is -2.25. The summed E-state index contributed by atoms with van der Waals surface area (Å²) in [4.78, 5) is 14.6. The molecule has 1 unspecified atom stereocenters. The zero-order valence-electron chi connectivity index (χ0n) is 13.9. The number of methoxy groups -OCH3 is 1. The number of benzene rings is 2. The Morgan fingerprint density at radius 2 is 2.12 bits per heavy atom. The van der Waals surface area contributed by atoms with Crippen LogP contribution in [0.3, 0.4) is 0 Å². The van der Waals surface area contributed by atoms with E-state index in [1.165, 1.54) is 0 Å². The minimum atomic E-state index is -0.0592. The van der Waals surface area contributed by atoms with Crippen LogP contribution in [0.2, 0.25) is 0 Å². The third kappa shape index (κ3) is 3.56. The molecule has 0 bridgehead atoms. The molecule has 0 aromatic heterocycles. The molecule has 5 heteroatoms. The molecule has 2 aromatic carbocycles. The van der Waals surface area contributed by atoms with Gasteiger partial charge in [-0.3, -0.25) is 0 Å². The number of urea groups is 1. The first kappa shape index (κ1) is 16.8. The van der Waals surface area contributed by atoms with Crippen molar-refractivity contribution in [2.75, 3.05) is 19.0 Å². The van der Waals surface area contributed by atoms with Gasteiger partial charge in [-0.05, 0) is 55.2 Å². The van der Waals surface area contributed by atoms with Crippen LogP contribution in [0.15, 0.2) is 46.9 Å². The second-order valence-corrected chi connectivity index (χ2v) is 6.88. The van der Waals surface area contributed by atoms with Crippen molar-refractivity contribution in [2.45, 2.75) is 25.8 Å². The van der Waals surface area contributed by atoms with E-state index in [1.54, 1.807) is 7.11 Å². The topological polar surface area (TPSA) is 41.6 Å². The molecule has 3 rings (SSSR count). The smallest absolute Gasteiger partial charge is 0.322 e. The van der Waals surface area contributed by atoms with Gasteiger partial charge in [-0.25, -0.2) is 4.79 Å². The van der Waals surface area contributed by atoms with E-state index in [0.29, 0.717) is 0 Å². The standard InChI is InChI=1S/C19H21BrN2O2/c1-13-8-9-15(12-17(13)20)21-19(23)22-10-4-7-18(22)14-5-3-6-16(11-14)24-2/h3,5-6,8-9,11-12,18H,4,7,10H2,1-2H3,(H,21,23). The first-order valence-electron chi connectivity index (χ1n) is 8.06. The summed E-state index contributed by atoms with van der Waals surface area (Å²) in [5, 5.41) is 3.01. The minimum Gasteiger partial charge on any atom is -0.497 e. The second kappa shape index (κ2) is 7.26. The maximum Gasteiger partial charge on any atom is 0.322 e. The molecule has 4 nitrogen and oxygen atoms in total. The van der Waals surface area contributed by atoms with Crippen molar-refractivity contribution < 1.29 is 9.53 Å². The lowest BCUT2D eigenvalue weighted by Crippen LogP contribution is -2.34. The summed E-state index contributed by atoms with van der Waals surface area (Å²) in [7, 11) is 1.66. The molecule has 0 spiro atoms. The summed E-state index contributed by atoms with van der Waals surface area (Å²) in [5.41, 5.74) is 3.06. The van der Waals surface area contributed by atoms with Gasteiger partial charge in [-0.15, -0.1) is 0 Å². The molecular weight excluding hydrogens is 368 g/mol. The van der Waals surface area contributed by atoms with Crippen LogP contribution in [0.1, 0.15) is 30.0 Å². The molecule has 24 heavy (non-hydrogen) atoms. The summed E-state index contributed by atoms with van der Waals surface area (Å²) < 4.78 is 6.30. The molecule has 126 valence electrons. The third-order valence-electron chi connectivity index (χ3n) is 4.42. The van der Waals surface area contributed by atoms with Crippen LogP contribution < -0.4 is 10.1 Å². The van der Waals surface area contributed by atoms with Crippen molar-refractivity contribution in [3.8, 4) is 5.75 Å². The second-order valence-electron chi connectivity index (χ2n) is 6.02. The molecular formula is C19H21BrN2O2. The molecule has 1 aliphatic rings. The van der Waals surface area contributed by atoms with Gasteiger partial charge in [0.25, 0.3) is 0 Å². The van der Waals surface area contributed by atoms with E-state index in [0.717, 1.165) is 46.4 Å². The Bertz CT molecular complexity index is 748. The average molecular weight is 389 g/mol. The Balaban J connectivity index is 1.76. The quantitative estimate of drug-likeness (QED) is 0.790. The predicted molar refractivity (Wildman–Crippen MR) is 99.6 cm³/mol. The van der Waals surface area contributed by atoms with Gasteiger partial charge in [0, 0.05) is 16.7 Å². The number of ether oxygens (including phenoxy) is 1. The van der Waals surface area contributed by atoms with E-state index in [1.807, 2.05) is 48.2 Å². The number of carbonyl (C=O) groups excluding carboxylic acids is 1. The van der Waals surface area contributed by atoms with Crippen LogP contribution in [-0.4, -0.2) is 24.6 Å². The maximum absolute atomic E-state index is 12.7. The molecule has 0 saturated carbocycles. The Morgan fingerprint density at radius 3 is 2.88 bits per heavy atom. The normalized spacial score (nSPS) is 17.0. The fraction of sp³-hybridized carbons (Fsp3) is 0.316. The van der Waals surface area contributed by atoms with Crippen molar-refractivity contribution in [2.24, 2.45) is 0 Å². The largest absolute Gasteiger partial charge is 0.497 e. The van der Waals surface area contributed by atoms with Gasteiger partial charge in [0.1, 0.15) is 5.75 Å². The van der Waals surface area contributed by atoms with Crippen molar-refractivity contribution in [3.05, 3.63) is 58.1 Å². The van der Waals surface area contributed by atoms with Crippen LogP contribution in [0, 0.1) is 6.92 Å². The highest BCUT2D eigenvalue weighted by Gasteiger charge is 2.30. The molecule has 1 atom stereocenters. The molecule has 2 amide bonds. The highest BCUT2D eigenvalue weighted by Crippen LogP contribution is 2.34. The fourth-order valence-electron chi connectivity index (χ4n) is 3.07. The van der Waals surface area contributed by atoms with Crippen LogP contribution in [0.25, 0.3) is 0 Å². The van der Waals surface area contributed by atoms with Crippen molar-refractivity contribution in [1.29, 1.82) is 0 Å². The van der Waals surface area contributed by atoms with Crippen LogP contribution in [0.4, 0.5) is 10.5 Å².